The molecule has 0 bridgehead atoms. The fraction of sp³-hybridized carbons (Fsp3) is 0.700. The van der Waals surface area contributed by atoms with Crippen molar-refractivity contribution >= 4 is 40.2 Å². The van der Waals surface area contributed by atoms with Gasteiger partial charge in [0.15, 0.2) is 16.6 Å². The minimum absolute atomic E-state index is 0.0604. The van der Waals surface area contributed by atoms with Crippen molar-refractivity contribution < 1.29 is 102 Å². The molecule has 2 aromatic carbocycles. The summed E-state index contributed by atoms with van der Waals surface area (Å²) < 4.78 is 187. The third-order valence-electron chi connectivity index (χ3n) is 27.2. The van der Waals surface area contributed by atoms with E-state index in [-0.39, 0.29) is 76.4 Å². The molecule has 2 aromatic rings. The number of aliphatic hydroxyl groups is 6. The Hall–Kier alpha value is -4.57. The van der Waals surface area contributed by atoms with Crippen molar-refractivity contribution in [1.82, 2.24) is 0 Å². The van der Waals surface area contributed by atoms with E-state index in [0.29, 0.717) is 88.8 Å². The quantitative estimate of drug-likeness (QED) is 0.0306. The van der Waals surface area contributed by atoms with E-state index < -0.39 is 99.3 Å². The van der Waals surface area contributed by atoms with E-state index >= 15 is 0 Å². The molecule has 6 aliphatic carbocycles. The molecule has 0 radical (unpaired) electrons. The van der Waals surface area contributed by atoms with E-state index in [2.05, 4.69) is 99.8 Å². The highest BCUT2D eigenvalue weighted by molar-refractivity contribution is 7.78. The zero-order valence-corrected chi connectivity index (χ0v) is 74.0. The Morgan fingerprint density at radius 2 is 0.948 bits per heavy atom. The van der Waals surface area contributed by atoms with Gasteiger partial charge in [-0.3, -0.25) is 4.79 Å². The van der Waals surface area contributed by atoms with E-state index in [1.807, 2.05) is 92.6 Å². The standard InChI is InChI=1S/C33H46F6O4.C33H51O3PSi2.C24H34F6O3/c1-21-23(19-24(40)20-26(21)41)11-10-22-9-6-17-30(5)25(22)12-13-27(30)29(4,15-7-14-28(2,3)42)16-8-18-31(43,32(34,35)36)33(37,38)39;1-26-27(22-23-37(34,29-18-14-12-15-19-29)30-20-16-13-17-21-30)24-28(35-38(8,9)32(2,3)4)25-31(26)36-39(10,11)33(5,6)7;1-19(2,32)11-6-12-20(3,13-7-15-22(33,23(25,26)27)24(28,29)30)18-10-9-16-17(31)8-5-14-21(16,18)4/h10-11,24-27,40-43H,1,6-7,9,12-17,19-20H2,2-5H3;12-22,28,31H,1,23-25H2,2-11H3;16,18,32-33H,5-6,8-14H2,1-4H3/b22-10+,23-11-;27-22-;/t24-,25?,26+,27-,29-,30+;28-,31+;16?,18-,20-,21+/m111/s1. The molecule has 6 saturated carbocycles. The van der Waals surface area contributed by atoms with Gasteiger partial charge in [-0.15, -0.1) is 0 Å². The van der Waals surface area contributed by atoms with Crippen molar-refractivity contribution in [2.45, 2.75) is 346 Å². The van der Waals surface area contributed by atoms with Gasteiger partial charge in [-0.2, -0.15) is 52.7 Å². The summed E-state index contributed by atoms with van der Waals surface area (Å²) in [5, 5.41) is 61.7. The van der Waals surface area contributed by atoms with Gasteiger partial charge in [0.2, 0.25) is 0 Å². The predicted molar refractivity (Wildman–Crippen MR) is 439 cm³/mol. The summed E-state index contributed by atoms with van der Waals surface area (Å²) in [7, 11) is -6.90. The number of ketones is 1. The number of carbonyl (C=O) groups is 1. The first-order valence-corrected chi connectivity index (χ1v) is 48.5. The molecular formula is C90H131F12O10PSi2. The van der Waals surface area contributed by atoms with Crippen LogP contribution in [0.5, 0.6) is 0 Å². The normalized spacial score (nSPS) is 27.4. The van der Waals surface area contributed by atoms with E-state index in [0.717, 1.165) is 84.1 Å². The number of carbonyl (C=O) groups excluding carboxylic acids is 1. The zero-order valence-electron chi connectivity index (χ0n) is 71.1. The molecule has 0 spiro atoms. The van der Waals surface area contributed by atoms with Crippen LogP contribution in [-0.2, 0) is 18.2 Å². The monoisotopic (exact) mass is 1690 g/mol. The van der Waals surface area contributed by atoms with Gasteiger partial charge in [-0.05, 0) is 234 Å². The highest BCUT2D eigenvalue weighted by Crippen LogP contribution is 2.65. The molecule has 648 valence electrons. The Morgan fingerprint density at radius 3 is 1.37 bits per heavy atom. The number of hydrogen-bond acceptors (Lipinski definition) is 10. The van der Waals surface area contributed by atoms with Gasteiger partial charge in [-0.25, -0.2) is 0 Å². The number of allylic oxidation sites excluding steroid dienone is 4. The molecule has 6 N–H and O–H groups in total. The van der Waals surface area contributed by atoms with Crippen molar-refractivity contribution in [3.63, 3.8) is 0 Å². The summed E-state index contributed by atoms with van der Waals surface area (Å²) >= 11 is 0. The Labute approximate surface area is 679 Å². The van der Waals surface area contributed by atoms with Crippen LogP contribution in [0.4, 0.5) is 52.7 Å². The number of fused-ring (bicyclic) bond motifs is 2. The van der Waals surface area contributed by atoms with Gasteiger partial charge in [0.05, 0.1) is 35.6 Å². The van der Waals surface area contributed by atoms with E-state index in [1.165, 1.54) is 5.57 Å². The summed E-state index contributed by atoms with van der Waals surface area (Å²) in [6.45, 7) is 45.8. The Balaban J connectivity index is 0.000000271. The molecular weight excluding hydrogens is 1560 g/mol. The van der Waals surface area contributed by atoms with E-state index in [9.17, 15) is 92.7 Å². The number of hydrogen-bond donors (Lipinski definition) is 6. The van der Waals surface area contributed by atoms with Crippen LogP contribution < -0.4 is 10.6 Å². The highest BCUT2D eigenvalue weighted by atomic mass is 31.2. The molecule has 0 aromatic heterocycles. The van der Waals surface area contributed by atoms with Crippen LogP contribution in [0, 0.1) is 69.0 Å². The molecule has 6 fully saturated rings. The second kappa shape index (κ2) is 36.6. The number of Topliss-reactive ketones (excluding diaryl/α,β-unsaturated/α-hetero) is 1. The van der Waals surface area contributed by atoms with Gasteiger partial charge >= 0.3 is 35.9 Å². The smallest absolute Gasteiger partial charge is 0.413 e. The van der Waals surface area contributed by atoms with Gasteiger partial charge in [0.1, 0.15) is 12.9 Å². The Morgan fingerprint density at radius 1 is 0.539 bits per heavy atom. The second-order valence-electron chi connectivity index (χ2n) is 39.3. The summed E-state index contributed by atoms with van der Waals surface area (Å²) in [4.78, 5) is 12.5. The van der Waals surface area contributed by atoms with Crippen molar-refractivity contribution in [3.8, 4) is 23.7 Å². The molecule has 6 aliphatic rings. The lowest BCUT2D eigenvalue weighted by Crippen LogP contribution is -2.55. The van der Waals surface area contributed by atoms with Crippen LogP contribution in [0.15, 0.2) is 120 Å². The first-order valence-electron chi connectivity index (χ1n) is 40.8. The molecule has 0 saturated heterocycles. The van der Waals surface area contributed by atoms with Gasteiger partial charge in [0, 0.05) is 54.8 Å². The number of halogens is 12. The first kappa shape index (κ1) is 99.3. The summed E-state index contributed by atoms with van der Waals surface area (Å²) in [6, 6.07) is 19.8. The molecule has 115 heavy (non-hydrogen) atoms. The highest BCUT2D eigenvalue weighted by Gasteiger charge is 2.72. The van der Waals surface area contributed by atoms with Crippen LogP contribution in [0.3, 0.4) is 0 Å². The maximum absolute atomic E-state index is 14.7. The van der Waals surface area contributed by atoms with Crippen molar-refractivity contribution in [2.75, 3.05) is 6.16 Å². The van der Waals surface area contributed by atoms with Crippen LogP contribution >= 0.6 is 7.14 Å². The Bertz CT molecular complexity index is 3870. The predicted octanol–water partition coefficient (Wildman–Crippen LogP) is 22.4. The minimum Gasteiger partial charge on any atom is -0.413 e. The zero-order chi connectivity index (χ0) is 87.4. The maximum atomic E-state index is 14.7. The fourth-order valence-electron chi connectivity index (χ4n) is 18.4. The maximum Gasteiger partial charge on any atom is 0.438 e. The van der Waals surface area contributed by atoms with Crippen molar-refractivity contribution in [3.05, 3.63) is 120 Å². The number of aliphatic hydroxyl groups excluding tert-OH is 2. The molecule has 8 rings (SSSR count). The van der Waals surface area contributed by atoms with Gasteiger partial charge in [-0.1, -0.05) is 192 Å². The third-order valence-corrected chi connectivity index (χ3v) is 39.2. The topological polar surface area (TPSA) is 174 Å². The van der Waals surface area contributed by atoms with Crippen LogP contribution in [0.2, 0.25) is 36.3 Å². The second-order valence-corrected chi connectivity index (χ2v) is 51.7. The average molecular weight is 1690 g/mol. The lowest BCUT2D eigenvalue weighted by atomic mass is 9.55. The fourth-order valence-corrected chi connectivity index (χ4v) is 23.6. The Kier molecular flexibility index (Phi) is 31.6. The third kappa shape index (κ3) is 23.8. The SMILES string of the molecule is C=C1/C(=C\C=C2/CCC[C@@]3(C)C2CC[C@@H]3[C@@](C)(CC#CC(O)(C(F)(F)F)C(F)(F)F)CCCC(C)(C)O)C[C@@H](O)C[C@@H]1O.C=C1/C(=C\CP(=O)(c2ccccc2)c2ccccc2)C[C@@H](O[Si](C)(C)C(C)(C)C)C[C@@H]1O[Si](C)(C)C(C)(C)C.CC(C)(O)CCC[C@](C)(CC#CC(O)(C(F)(F)F)C(F)(F)F)[C@H]1CCC2C(=O)CCC[C@@]21C. The molecule has 12 atom stereocenters. The van der Waals surface area contributed by atoms with Crippen LogP contribution in [0.25, 0.3) is 0 Å². The van der Waals surface area contributed by atoms with Crippen LogP contribution in [0.1, 0.15) is 238 Å². The molecule has 2 unspecified atom stereocenters. The average Bonchev–Trinajstić information content (AvgIpc) is 1.59. The number of benzene rings is 2. The van der Waals surface area contributed by atoms with Gasteiger partial charge < -0.3 is 44.1 Å². The van der Waals surface area contributed by atoms with Gasteiger partial charge in [0.25, 0.3) is 0 Å². The minimum atomic E-state index is -6.01. The largest absolute Gasteiger partial charge is 0.438 e. The molecule has 10 nitrogen and oxygen atoms in total. The van der Waals surface area contributed by atoms with E-state index in [1.54, 1.807) is 34.6 Å². The lowest BCUT2D eigenvalue weighted by Gasteiger charge is -2.49. The first-order chi connectivity index (χ1) is 52.2. The summed E-state index contributed by atoms with van der Waals surface area (Å²) in [5.74, 6) is 6.36. The molecule has 0 amide bonds. The molecule has 0 aliphatic heterocycles. The van der Waals surface area contributed by atoms with E-state index in [4.69, 9.17) is 8.85 Å². The number of alkyl halides is 12. The summed E-state index contributed by atoms with van der Waals surface area (Å²) in [6.07, 6.45) is -7.27. The van der Waals surface area contributed by atoms with Crippen LogP contribution in [-0.4, -0.2) is 131 Å². The molecule has 25 heteroatoms. The lowest BCUT2D eigenvalue weighted by molar-refractivity contribution is -0.344. The number of rotatable bonds is 21. The molecule has 0 heterocycles. The van der Waals surface area contributed by atoms with Crippen molar-refractivity contribution in [1.29, 1.82) is 0 Å². The van der Waals surface area contributed by atoms with Crippen molar-refractivity contribution in [2.24, 2.45) is 45.3 Å². The summed E-state index contributed by atoms with van der Waals surface area (Å²) in [5.41, 5.74) is -9.68.